The van der Waals surface area contributed by atoms with Gasteiger partial charge in [0, 0.05) is 50.5 Å². The largest absolute Gasteiger partial charge is 0.487 e. The molecule has 3 aliphatic heterocycles. The third-order valence-electron chi connectivity index (χ3n) is 8.29. The van der Waals surface area contributed by atoms with Gasteiger partial charge in [-0.2, -0.15) is 10.2 Å². The Hall–Kier alpha value is -4.31. The van der Waals surface area contributed by atoms with Gasteiger partial charge in [0.2, 0.25) is 11.9 Å². The number of ether oxygens (including phenoxy) is 2. The molecule has 4 heterocycles. The summed E-state index contributed by atoms with van der Waals surface area (Å²) in [5.41, 5.74) is 3.38. The minimum absolute atomic E-state index is 0.248. The molecule has 12 heteroatoms. The van der Waals surface area contributed by atoms with E-state index in [1.165, 1.54) is 12.0 Å². The molecule has 0 saturated carbocycles. The molecule has 1 aromatic heterocycles. The fraction of sp³-hybridized carbons (Fsp3) is 0.452. The molecule has 2 N–H and O–H groups in total. The summed E-state index contributed by atoms with van der Waals surface area (Å²) >= 11 is 0. The molecule has 0 aliphatic carbocycles. The van der Waals surface area contributed by atoms with E-state index in [4.69, 9.17) is 9.47 Å². The van der Waals surface area contributed by atoms with Crippen molar-refractivity contribution in [3.8, 4) is 23.2 Å². The van der Waals surface area contributed by atoms with E-state index in [9.17, 15) is 15.2 Å². The average Bonchev–Trinajstić information content (AvgIpc) is 3.03. The van der Waals surface area contributed by atoms with Gasteiger partial charge in [-0.05, 0) is 48.7 Å². The lowest BCUT2D eigenvalue weighted by atomic mass is 10.1. The van der Waals surface area contributed by atoms with Crippen molar-refractivity contribution in [3.63, 3.8) is 0 Å². The zero-order chi connectivity index (χ0) is 29.6. The van der Waals surface area contributed by atoms with E-state index in [1.54, 1.807) is 17.0 Å². The highest BCUT2D eigenvalue weighted by atomic mass is 16.5. The number of hydrogen-bond acceptors (Lipinski definition) is 11. The van der Waals surface area contributed by atoms with Crippen molar-refractivity contribution in [1.29, 1.82) is 5.26 Å². The number of rotatable bonds is 9. The van der Waals surface area contributed by atoms with Gasteiger partial charge in [-0.3, -0.25) is 9.69 Å². The van der Waals surface area contributed by atoms with E-state index in [1.807, 2.05) is 6.07 Å². The number of aliphatic hydroxyl groups excluding tert-OH is 1. The van der Waals surface area contributed by atoms with Crippen LogP contribution in [0, 0.1) is 11.3 Å². The Morgan fingerprint density at radius 2 is 1.91 bits per heavy atom. The molecule has 43 heavy (non-hydrogen) atoms. The van der Waals surface area contributed by atoms with E-state index in [-0.39, 0.29) is 12.0 Å². The van der Waals surface area contributed by atoms with Crippen LogP contribution in [-0.4, -0.2) is 107 Å². The summed E-state index contributed by atoms with van der Waals surface area (Å²) in [6.45, 7) is 6.93. The van der Waals surface area contributed by atoms with Gasteiger partial charge in [0.25, 0.3) is 0 Å². The fourth-order valence-electron chi connectivity index (χ4n) is 5.71. The van der Waals surface area contributed by atoms with Crippen molar-refractivity contribution in [2.75, 3.05) is 69.3 Å². The number of hydrogen-bond donors (Lipinski definition) is 2. The average molecular weight is 585 g/mol. The summed E-state index contributed by atoms with van der Waals surface area (Å²) in [6, 6.07) is 16.6. The quantitative estimate of drug-likeness (QED) is 0.381. The summed E-state index contributed by atoms with van der Waals surface area (Å²) in [5, 5.41) is 22.3. The maximum Gasteiger partial charge on any atom is 0.248 e. The van der Waals surface area contributed by atoms with Crippen molar-refractivity contribution >= 4 is 17.5 Å². The first-order valence-electron chi connectivity index (χ1n) is 14.8. The van der Waals surface area contributed by atoms with Gasteiger partial charge < -0.3 is 29.7 Å². The molecule has 12 nitrogen and oxygen atoms in total. The molecule has 6 rings (SSSR count). The summed E-state index contributed by atoms with van der Waals surface area (Å²) in [6.07, 6.45) is 2.74. The zero-order valence-electron chi connectivity index (χ0n) is 24.1. The number of amides is 1. The lowest BCUT2D eigenvalue weighted by molar-refractivity contribution is -0.136. The molecular formula is C31H36N8O4. The smallest absolute Gasteiger partial charge is 0.248 e. The van der Waals surface area contributed by atoms with E-state index in [0.717, 1.165) is 57.8 Å². The van der Waals surface area contributed by atoms with Gasteiger partial charge in [-0.1, -0.05) is 12.1 Å². The normalized spacial score (nSPS) is 19.4. The molecule has 3 aromatic rings. The number of aliphatic hydroxyl groups is 1. The molecule has 2 aromatic carbocycles. The van der Waals surface area contributed by atoms with Gasteiger partial charge in [-0.15, -0.1) is 0 Å². The maximum absolute atomic E-state index is 11.9. The van der Waals surface area contributed by atoms with Crippen molar-refractivity contribution in [1.82, 2.24) is 24.8 Å². The lowest BCUT2D eigenvalue weighted by Gasteiger charge is -2.43. The van der Waals surface area contributed by atoms with Crippen LogP contribution in [0.2, 0.25) is 0 Å². The summed E-state index contributed by atoms with van der Waals surface area (Å²) in [4.78, 5) is 31.6. The van der Waals surface area contributed by atoms with Crippen molar-refractivity contribution < 1.29 is 19.4 Å². The van der Waals surface area contributed by atoms with Crippen LogP contribution in [0.1, 0.15) is 24.0 Å². The molecule has 3 fully saturated rings. The second-order valence-corrected chi connectivity index (χ2v) is 11.1. The Bertz CT molecular complexity index is 1450. The molecule has 0 bridgehead atoms. The predicted molar refractivity (Wildman–Crippen MR) is 159 cm³/mol. The number of carbonyl (C=O) groups is 1. The van der Waals surface area contributed by atoms with Crippen LogP contribution in [0.3, 0.4) is 0 Å². The number of nitrogens with zero attached hydrogens (tertiary/aromatic N) is 7. The molecule has 0 unspecified atom stereocenters. The van der Waals surface area contributed by atoms with Crippen LogP contribution < -0.4 is 15.0 Å². The Morgan fingerprint density at radius 3 is 2.63 bits per heavy atom. The third kappa shape index (κ3) is 6.85. The second-order valence-electron chi connectivity index (χ2n) is 11.1. The second kappa shape index (κ2) is 13.3. The first kappa shape index (κ1) is 28.8. The van der Waals surface area contributed by atoms with Crippen LogP contribution in [0.25, 0.3) is 11.4 Å². The standard InChI is InChI=1S/C31H36N8O4/c32-15-24-14-23(5-8-28(24)43-27-2-1-9-39(17-27)29(41)18-40)30-34-21-35-31(36-30)33-16-22-3-6-25(7-4-22)37-10-12-38(13-11-37)26-19-42-20-26/h3-8,14,21,26-27,40H,1-2,9-13,16-20H2,(H,33,34,35,36)/t27-/m0/s1. The number of likely N-dealkylation sites (tertiary alicyclic amines) is 1. The third-order valence-corrected chi connectivity index (χ3v) is 8.29. The van der Waals surface area contributed by atoms with Crippen LogP contribution in [-0.2, 0) is 16.1 Å². The van der Waals surface area contributed by atoms with E-state index in [2.05, 4.69) is 60.4 Å². The van der Waals surface area contributed by atoms with Crippen molar-refractivity contribution in [2.24, 2.45) is 0 Å². The molecule has 1 atom stereocenters. The minimum Gasteiger partial charge on any atom is -0.487 e. The molecule has 3 aliphatic rings. The SMILES string of the molecule is N#Cc1cc(-c2ncnc(NCc3ccc(N4CCN(C5COC5)CC4)cc3)n2)ccc1O[C@H]1CCCN(C(=O)CO)C1. The summed E-state index contributed by atoms with van der Waals surface area (Å²) in [5.74, 6) is 1.02. The number of carbonyl (C=O) groups excluding carboxylic acids is 1. The summed E-state index contributed by atoms with van der Waals surface area (Å²) < 4.78 is 11.4. The molecular weight excluding hydrogens is 548 g/mol. The zero-order valence-corrected chi connectivity index (χ0v) is 24.1. The molecule has 224 valence electrons. The van der Waals surface area contributed by atoms with E-state index < -0.39 is 6.61 Å². The van der Waals surface area contributed by atoms with Gasteiger partial charge in [0.15, 0.2) is 5.82 Å². The monoisotopic (exact) mass is 584 g/mol. The number of anilines is 2. The highest BCUT2D eigenvalue weighted by Crippen LogP contribution is 2.27. The van der Waals surface area contributed by atoms with Gasteiger partial charge in [-0.25, -0.2) is 9.97 Å². The summed E-state index contributed by atoms with van der Waals surface area (Å²) in [7, 11) is 0. The Balaban J connectivity index is 1.04. The van der Waals surface area contributed by atoms with Crippen LogP contribution >= 0.6 is 0 Å². The van der Waals surface area contributed by atoms with Crippen LogP contribution in [0.5, 0.6) is 5.75 Å². The number of piperazine rings is 1. The van der Waals surface area contributed by atoms with Crippen molar-refractivity contribution in [3.05, 3.63) is 59.9 Å². The molecule has 0 radical (unpaired) electrons. The maximum atomic E-state index is 11.9. The number of nitrogens with one attached hydrogen (secondary N) is 1. The number of nitriles is 1. The van der Waals surface area contributed by atoms with Gasteiger partial charge in [0.05, 0.1) is 31.4 Å². The first-order chi connectivity index (χ1) is 21.1. The predicted octanol–water partition coefficient (Wildman–Crippen LogP) is 1.91. The lowest BCUT2D eigenvalue weighted by Crippen LogP contribution is -2.56. The Labute approximate surface area is 250 Å². The first-order valence-corrected chi connectivity index (χ1v) is 14.8. The highest BCUT2D eigenvalue weighted by Gasteiger charge is 2.29. The van der Waals surface area contributed by atoms with E-state index in [0.29, 0.717) is 54.3 Å². The number of aromatic nitrogens is 3. The Morgan fingerprint density at radius 1 is 1.09 bits per heavy atom. The van der Waals surface area contributed by atoms with Crippen molar-refractivity contribution in [2.45, 2.75) is 31.5 Å². The van der Waals surface area contributed by atoms with Gasteiger partial charge >= 0.3 is 0 Å². The molecule has 0 spiro atoms. The topological polar surface area (TPSA) is 140 Å². The Kier molecular flexibility index (Phi) is 8.93. The van der Waals surface area contributed by atoms with Gasteiger partial charge in [0.1, 0.15) is 30.9 Å². The van der Waals surface area contributed by atoms with Crippen LogP contribution in [0.15, 0.2) is 48.8 Å². The number of piperidine rings is 1. The van der Waals surface area contributed by atoms with Crippen LogP contribution in [0.4, 0.5) is 11.6 Å². The minimum atomic E-state index is -0.519. The van der Waals surface area contributed by atoms with E-state index >= 15 is 0 Å². The molecule has 3 saturated heterocycles. The number of benzene rings is 2. The highest BCUT2D eigenvalue weighted by molar-refractivity contribution is 5.77. The molecule has 1 amide bonds. The fourth-order valence-corrected chi connectivity index (χ4v) is 5.71.